The van der Waals surface area contributed by atoms with E-state index in [1.54, 1.807) is 0 Å². The van der Waals surface area contributed by atoms with Crippen molar-refractivity contribution in [3.05, 3.63) is 29.6 Å². The third-order valence-electron chi connectivity index (χ3n) is 5.44. The van der Waals surface area contributed by atoms with Gasteiger partial charge in [0.2, 0.25) is 11.8 Å². The predicted molar refractivity (Wildman–Crippen MR) is 110 cm³/mol. The van der Waals surface area contributed by atoms with E-state index in [9.17, 15) is 9.59 Å². The van der Waals surface area contributed by atoms with E-state index in [2.05, 4.69) is 47.0 Å². The van der Waals surface area contributed by atoms with Gasteiger partial charge in [-0.05, 0) is 45.4 Å². The van der Waals surface area contributed by atoms with Crippen molar-refractivity contribution in [2.75, 3.05) is 26.2 Å². The minimum absolute atomic E-state index is 0.0159. The highest BCUT2D eigenvalue weighted by Gasteiger charge is 2.33. The van der Waals surface area contributed by atoms with Gasteiger partial charge in [0.1, 0.15) is 5.82 Å². The van der Waals surface area contributed by atoms with E-state index in [4.69, 9.17) is 0 Å². The third-order valence-corrected chi connectivity index (χ3v) is 5.44. The molecule has 2 N–H and O–H groups in total. The number of hydrogen-bond donors (Lipinski definition) is 2. The second kappa shape index (κ2) is 8.73. The second-order valence-corrected chi connectivity index (χ2v) is 7.77. The van der Waals surface area contributed by atoms with Crippen LogP contribution in [0.5, 0.6) is 0 Å². The number of piperazine rings is 1. The van der Waals surface area contributed by atoms with Crippen molar-refractivity contribution in [1.82, 2.24) is 25.1 Å². The number of benzene rings is 1. The number of rotatable bonds is 7. The van der Waals surface area contributed by atoms with Gasteiger partial charge in [0.15, 0.2) is 0 Å². The van der Waals surface area contributed by atoms with Crippen LogP contribution in [0.2, 0.25) is 0 Å². The molecule has 3 rings (SSSR count). The molecule has 2 amide bonds. The molecule has 0 radical (unpaired) electrons. The highest BCUT2D eigenvalue weighted by atomic mass is 16.2. The molecule has 0 spiro atoms. The summed E-state index contributed by atoms with van der Waals surface area (Å²) >= 11 is 0. The molecule has 0 saturated carbocycles. The Balaban J connectivity index is 1.63. The van der Waals surface area contributed by atoms with Crippen LogP contribution in [0.3, 0.4) is 0 Å². The number of imidazole rings is 1. The number of nitrogens with one attached hydrogen (secondary N) is 2. The Morgan fingerprint density at radius 3 is 2.89 bits per heavy atom. The number of H-pyrrole nitrogens is 1. The van der Waals surface area contributed by atoms with E-state index in [0.717, 1.165) is 23.4 Å². The molecule has 7 heteroatoms. The van der Waals surface area contributed by atoms with E-state index < -0.39 is 0 Å². The van der Waals surface area contributed by atoms with Gasteiger partial charge in [-0.2, -0.15) is 0 Å². The maximum absolute atomic E-state index is 12.9. The topological polar surface area (TPSA) is 81.3 Å². The van der Waals surface area contributed by atoms with Crippen LogP contribution in [0.1, 0.15) is 38.6 Å². The molecular formula is C21H31N5O2. The van der Waals surface area contributed by atoms with Gasteiger partial charge in [0.05, 0.1) is 23.5 Å². The summed E-state index contributed by atoms with van der Waals surface area (Å²) in [4.78, 5) is 37.1. The molecule has 0 aliphatic carbocycles. The number of likely N-dealkylation sites (N-methyl/N-ethyl adjacent to an activating group) is 1. The highest BCUT2D eigenvalue weighted by Crippen LogP contribution is 2.16. The van der Waals surface area contributed by atoms with Crippen LogP contribution < -0.4 is 5.32 Å². The first kappa shape index (κ1) is 20.3. The second-order valence-electron chi connectivity index (χ2n) is 7.77. The van der Waals surface area contributed by atoms with Crippen molar-refractivity contribution >= 4 is 22.8 Å². The molecule has 1 saturated heterocycles. The Kier molecular flexibility index (Phi) is 6.34. The summed E-state index contributed by atoms with van der Waals surface area (Å²) in [5.41, 5.74) is 3.16. The van der Waals surface area contributed by atoms with Crippen LogP contribution in [0.4, 0.5) is 0 Å². The van der Waals surface area contributed by atoms with Gasteiger partial charge in [0, 0.05) is 38.6 Å². The molecule has 1 aliphatic heterocycles. The van der Waals surface area contributed by atoms with E-state index in [1.807, 2.05) is 24.0 Å². The largest absolute Gasteiger partial charge is 0.353 e. The lowest BCUT2D eigenvalue weighted by molar-refractivity contribution is -0.139. The molecule has 2 heterocycles. The average Bonchev–Trinajstić information content (AvgIpc) is 3.05. The normalized spacial score (nSPS) is 17.9. The number of carbonyl (C=O) groups excluding carboxylic acids is 2. The molecule has 7 nitrogen and oxygen atoms in total. The first-order valence-corrected chi connectivity index (χ1v) is 10.2. The number of carbonyl (C=O) groups is 2. The van der Waals surface area contributed by atoms with Gasteiger partial charge in [-0.15, -0.1) is 0 Å². The molecule has 152 valence electrons. The Bertz CT molecular complexity index is 844. The molecule has 1 aromatic carbocycles. The first-order valence-electron chi connectivity index (χ1n) is 10.2. The van der Waals surface area contributed by atoms with Crippen LogP contribution in [0.25, 0.3) is 11.0 Å². The standard InChI is InChI=1S/C21H31N5O2/c1-5-25(10-8-19-23-16-7-6-15(4)12-17(16)24-19)20(27)13-18-21(28)22-9-11-26(18)14(2)3/h6-7,12,14,18H,5,8-11,13H2,1-4H3,(H,22,28)(H,23,24). The minimum Gasteiger partial charge on any atom is -0.353 e. The van der Waals surface area contributed by atoms with Crippen molar-refractivity contribution in [3.8, 4) is 0 Å². The van der Waals surface area contributed by atoms with Crippen LogP contribution in [-0.4, -0.2) is 69.8 Å². The van der Waals surface area contributed by atoms with Crippen LogP contribution in [0, 0.1) is 6.92 Å². The van der Waals surface area contributed by atoms with Gasteiger partial charge in [0.25, 0.3) is 0 Å². The van der Waals surface area contributed by atoms with Crippen molar-refractivity contribution < 1.29 is 9.59 Å². The van der Waals surface area contributed by atoms with Gasteiger partial charge in [-0.3, -0.25) is 14.5 Å². The number of amides is 2. The number of aryl methyl sites for hydroxylation is 1. The molecule has 1 atom stereocenters. The van der Waals surface area contributed by atoms with Gasteiger partial charge >= 0.3 is 0 Å². The summed E-state index contributed by atoms with van der Waals surface area (Å²) in [6.07, 6.45) is 0.884. The molecule has 1 fully saturated rings. The Hall–Kier alpha value is -2.41. The fraction of sp³-hybridized carbons (Fsp3) is 0.571. The smallest absolute Gasteiger partial charge is 0.237 e. The minimum atomic E-state index is -0.385. The molecule has 2 aromatic rings. The lowest BCUT2D eigenvalue weighted by Gasteiger charge is -2.38. The molecule has 1 unspecified atom stereocenters. The maximum Gasteiger partial charge on any atom is 0.237 e. The number of fused-ring (bicyclic) bond motifs is 1. The monoisotopic (exact) mass is 385 g/mol. The van der Waals surface area contributed by atoms with Crippen LogP contribution >= 0.6 is 0 Å². The Labute approximate surface area is 166 Å². The fourth-order valence-corrected chi connectivity index (χ4v) is 3.85. The zero-order valence-corrected chi connectivity index (χ0v) is 17.3. The third kappa shape index (κ3) is 4.52. The Morgan fingerprint density at radius 1 is 1.39 bits per heavy atom. The number of hydrogen-bond acceptors (Lipinski definition) is 4. The number of nitrogens with zero attached hydrogens (tertiary/aromatic N) is 3. The van der Waals surface area contributed by atoms with Gasteiger partial charge < -0.3 is 15.2 Å². The summed E-state index contributed by atoms with van der Waals surface area (Å²) in [7, 11) is 0. The zero-order chi connectivity index (χ0) is 20.3. The summed E-state index contributed by atoms with van der Waals surface area (Å²) in [6.45, 7) is 10.8. The fourth-order valence-electron chi connectivity index (χ4n) is 3.85. The summed E-state index contributed by atoms with van der Waals surface area (Å²) in [5.74, 6) is 0.852. The summed E-state index contributed by atoms with van der Waals surface area (Å²) in [6, 6.07) is 5.99. The maximum atomic E-state index is 12.9. The summed E-state index contributed by atoms with van der Waals surface area (Å²) in [5, 5.41) is 2.89. The number of aromatic amines is 1. The molecule has 28 heavy (non-hydrogen) atoms. The van der Waals surface area contributed by atoms with E-state index in [1.165, 1.54) is 5.56 Å². The first-order chi connectivity index (χ1) is 13.4. The van der Waals surface area contributed by atoms with Gasteiger partial charge in [-0.25, -0.2) is 4.98 Å². The molecule has 0 bridgehead atoms. The zero-order valence-electron chi connectivity index (χ0n) is 17.3. The summed E-state index contributed by atoms with van der Waals surface area (Å²) < 4.78 is 0. The highest BCUT2D eigenvalue weighted by molar-refractivity contribution is 5.89. The quantitative estimate of drug-likeness (QED) is 0.762. The molecular weight excluding hydrogens is 354 g/mol. The van der Waals surface area contributed by atoms with E-state index >= 15 is 0 Å². The van der Waals surface area contributed by atoms with Crippen LogP contribution in [0.15, 0.2) is 18.2 Å². The lowest BCUT2D eigenvalue weighted by Crippen LogP contribution is -2.58. The van der Waals surface area contributed by atoms with Crippen molar-refractivity contribution in [1.29, 1.82) is 0 Å². The van der Waals surface area contributed by atoms with Crippen molar-refractivity contribution in [2.45, 2.75) is 52.6 Å². The molecule has 1 aromatic heterocycles. The Morgan fingerprint density at radius 2 is 2.18 bits per heavy atom. The average molecular weight is 386 g/mol. The van der Waals surface area contributed by atoms with Crippen molar-refractivity contribution in [3.63, 3.8) is 0 Å². The van der Waals surface area contributed by atoms with Crippen molar-refractivity contribution in [2.24, 2.45) is 0 Å². The SMILES string of the molecule is CCN(CCc1nc2ccc(C)cc2[nH]1)C(=O)CC1C(=O)NCCN1C(C)C. The van der Waals surface area contributed by atoms with E-state index in [0.29, 0.717) is 26.1 Å². The predicted octanol–water partition coefficient (Wildman–Crippen LogP) is 1.86. The lowest BCUT2D eigenvalue weighted by atomic mass is 10.1. The van der Waals surface area contributed by atoms with Gasteiger partial charge in [-0.1, -0.05) is 6.07 Å². The van der Waals surface area contributed by atoms with Crippen LogP contribution in [-0.2, 0) is 16.0 Å². The number of aromatic nitrogens is 2. The van der Waals surface area contributed by atoms with E-state index in [-0.39, 0.29) is 30.3 Å². The molecule has 1 aliphatic rings.